The van der Waals surface area contributed by atoms with Gasteiger partial charge in [-0.2, -0.15) is 0 Å². The van der Waals surface area contributed by atoms with Crippen LogP contribution in [-0.4, -0.2) is 30.7 Å². The van der Waals surface area contributed by atoms with E-state index in [9.17, 15) is 23.6 Å². The molecule has 0 aliphatic heterocycles. The number of nitro groups is 1. The van der Waals surface area contributed by atoms with E-state index in [1.165, 1.54) is 12.1 Å². The molecule has 0 spiro atoms. The second-order valence-corrected chi connectivity index (χ2v) is 7.74. The Morgan fingerprint density at radius 3 is 2.57 bits per heavy atom. The lowest BCUT2D eigenvalue weighted by Gasteiger charge is -2.32. The van der Waals surface area contributed by atoms with Crippen molar-refractivity contribution in [2.75, 3.05) is 6.61 Å². The lowest BCUT2D eigenvalue weighted by molar-refractivity contribution is -0.386. The molecule has 1 fully saturated rings. The van der Waals surface area contributed by atoms with Gasteiger partial charge in [0, 0.05) is 6.07 Å². The van der Waals surface area contributed by atoms with Gasteiger partial charge in [-0.25, -0.2) is 13.6 Å². The third-order valence-corrected chi connectivity index (χ3v) is 5.02. The standard InChI is InChI=1S/C14H20N2O6S/c1-14(17)6-4-10(5-7-14)9-22-13-3-2-11(23(15,20)21)8-12(13)16(18)19/h2-3,8,10,17H,4-7,9H2,1H3,(H2,15,20,21)/t10-,14+. The van der Waals surface area contributed by atoms with Crippen molar-refractivity contribution in [2.24, 2.45) is 11.1 Å². The zero-order chi connectivity index (χ0) is 17.3. The van der Waals surface area contributed by atoms with Gasteiger partial charge in [0.05, 0.1) is 22.0 Å². The Hall–Kier alpha value is -1.71. The van der Waals surface area contributed by atoms with Crippen LogP contribution in [0.2, 0.25) is 0 Å². The third-order valence-electron chi connectivity index (χ3n) is 4.11. The number of benzene rings is 1. The summed E-state index contributed by atoms with van der Waals surface area (Å²) in [6.07, 6.45) is 2.87. The first kappa shape index (κ1) is 17.6. The van der Waals surface area contributed by atoms with Gasteiger partial charge in [-0.3, -0.25) is 10.1 Å². The molecule has 9 heteroatoms. The first-order valence-corrected chi connectivity index (χ1v) is 8.79. The first-order valence-electron chi connectivity index (χ1n) is 7.25. The Balaban J connectivity index is 2.09. The van der Waals surface area contributed by atoms with Crippen LogP contribution in [0.4, 0.5) is 5.69 Å². The molecule has 0 aromatic heterocycles. The van der Waals surface area contributed by atoms with E-state index in [1.54, 1.807) is 6.92 Å². The molecule has 1 aliphatic carbocycles. The van der Waals surface area contributed by atoms with E-state index in [0.717, 1.165) is 18.9 Å². The molecule has 0 saturated heterocycles. The van der Waals surface area contributed by atoms with Gasteiger partial charge in [-0.1, -0.05) is 0 Å². The molecule has 0 atom stereocenters. The molecule has 128 valence electrons. The van der Waals surface area contributed by atoms with Gasteiger partial charge in [0.25, 0.3) is 0 Å². The number of primary sulfonamides is 1. The average Bonchev–Trinajstić information content (AvgIpc) is 2.45. The van der Waals surface area contributed by atoms with Crippen molar-refractivity contribution in [1.82, 2.24) is 0 Å². The molecule has 1 aromatic rings. The van der Waals surface area contributed by atoms with E-state index in [4.69, 9.17) is 9.88 Å². The Morgan fingerprint density at radius 2 is 2.04 bits per heavy atom. The van der Waals surface area contributed by atoms with Gasteiger partial charge >= 0.3 is 5.69 Å². The summed E-state index contributed by atoms with van der Waals surface area (Å²) in [6, 6.07) is 3.33. The maximum Gasteiger partial charge on any atom is 0.312 e. The fourth-order valence-electron chi connectivity index (χ4n) is 2.61. The Bertz CT molecular complexity index is 691. The predicted octanol–water partition coefficient (Wildman–Crippen LogP) is 1.56. The molecule has 0 amide bonds. The Morgan fingerprint density at radius 1 is 1.43 bits per heavy atom. The zero-order valence-electron chi connectivity index (χ0n) is 12.8. The number of ether oxygens (including phenoxy) is 1. The van der Waals surface area contributed by atoms with Gasteiger partial charge in [-0.15, -0.1) is 0 Å². The van der Waals surface area contributed by atoms with Gasteiger partial charge in [0.2, 0.25) is 10.0 Å². The minimum atomic E-state index is -4.01. The Kier molecular flexibility index (Phi) is 4.92. The summed E-state index contributed by atoms with van der Waals surface area (Å²) in [5, 5.41) is 26.0. The normalized spacial score (nSPS) is 25.1. The number of nitro benzene ring substituents is 1. The molecule has 1 saturated carbocycles. The number of nitrogens with two attached hydrogens (primary N) is 1. The van der Waals surface area contributed by atoms with Crippen molar-refractivity contribution in [3.8, 4) is 5.75 Å². The van der Waals surface area contributed by atoms with Crippen molar-refractivity contribution in [3.63, 3.8) is 0 Å². The molecule has 0 heterocycles. The minimum absolute atomic E-state index is 0.0136. The van der Waals surface area contributed by atoms with E-state index < -0.39 is 26.2 Å². The van der Waals surface area contributed by atoms with E-state index >= 15 is 0 Å². The fourth-order valence-corrected chi connectivity index (χ4v) is 3.15. The summed E-state index contributed by atoms with van der Waals surface area (Å²) in [4.78, 5) is 10.1. The SMILES string of the molecule is C[C@]1(O)CC[C@@H](COc2ccc(S(N)(=O)=O)cc2[N+](=O)[O-])CC1. The second-order valence-electron chi connectivity index (χ2n) is 6.18. The van der Waals surface area contributed by atoms with Crippen LogP contribution in [0.25, 0.3) is 0 Å². The predicted molar refractivity (Wildman–Crippen MR) is 82.5 cm³/mol. The summed E-state index contributed by atoms with van der Waals surface area (Å²) in [6.45, 7) is 2.08. The van der Waals surface area contributed by atoms with Crippen LogP contribution in [-0.2, 0) is 10.0 Å². The van der Waals surface area contributed by atoms with Crippen LogP contribution in [0.1, 0.15) is 32.6 Å². The quantitative estimate of drug-likeness (QED) is 0.615. The van der Waals surface area contributed by atoms with Crippen LogP contribution in [0.3, 0.4) is 0 Å². The van der Waals surface area contributed by atoms with Crippen LogP contribution >= 0.6 is 0 Å². The van der Waals surface area contributed by atoms with Crippen molar-refractivity contribution >= 4 is 15.7 Å². The molecule has 8 nitrogen and oxygen atoms in total. The molecule has 0 unspecified atom stereocenters. The number of hydrogen-bond donors (Lipinski definition) is 2. The summed E-state index contributed by atoms with van der Waals surface area (Å²) in [5.74, 6) is 0.215. The maximum absolute atomic E-state index is 11.3. The number of hydrogen-bond acceptors (Lipinski definition) is 6. The van der Waals surface area contributed by atoms with E-state index in [-0.39, 0.29) is 23.2 Å². The van der Waals surface area contributed by atoms with E-state index in [1.807, 2.05) is 0 Å². The highest BCUT2D eigenvalue weighted by molar-refractivity contribution is 7.89. The minimum Gasteiger partial charge on any atom is -0.487 e. The van der Waals surface area contributed by atoms with Crippen LogP contribution < -0.4 is 9.88 Å². The highest BCUT2D eigenvalue weighted by atomic mass is 32.2. The fraction of sp³-hybridized carbons (Fsp3) is 0.571. The molecule has 23 heavy (non-hydrogen) atoms. The zero-order valence-corrected chi connectivity index (χ0v) is 13.6. The largest absolute Gasteiger partial charge is 0.487 e. The first-order chi connectivity index (χ1) is 10.6. The van der Waals surface area contributed by atoms with Crippen molar-refractivity contribution in [3.05, 3.63) is 28.3 Å². The van der Waals surface area contributed by atoms with Gasteiger partial charge < -0.3 is 9.84 Å². The van der Waals surface area contributed by atoms with Crippen molar-refractivity contribution < 1.29 is 23.2 Å². The molecule has 0 bridgehead atoms. The van der Waals surface area contributed by atoms with Gasteiger partial charge in [-0.05, 0) is 50.7 Å². The second kappa shape index (κ2) is 6.42. The topological polar surface area (TPSA) is 133 Å². The van der Waals surface area contributed by atoms with Crippen LogP contribution in [0, 0.1) is 16.0 Å². The van der Waals surface area contributed by atoms with Gasteiger partial charge in [0.15, 0.2) is 5.75 Å². The highest BCUT2D eigenvalue weighted by Gasteiger charge is 2.29. The molecule has 2 rings (SSSR count). The molecule has 1 aromatic carbocycles. The molecule has 0 radical (unpaired) electrons. The maximum atomic E-state index is 11.3. The van der Waals surface area contributed by atoms with Crippen LogP contribution in [0.5, 0.6) is 5.75 Å². The monoisotopic (exact) mass is 344 g/mol. The number of sulfonamides is 1. The smallest absolute Gasteiger partial charge is 0.312 e. The average molecular weight is 344 g/mol. The third kappa shape index (κ3) is 4.63. The lowest BCUT2D eigenvalue weighted by atomic mass is 9.80. The Labute approximate surface area is 134 Å². The van der Waals surface area contributed by atoms with Gasteiger partial charge in [0.1, 0.15) is 0 Å². The number of rotatable bonds is 5. The molecule has 1 aliphatic rings. The molecule has 3 N–H and O–H groups in total. The summed E-state index contributed by atoms with van der Waals surface area (Å²) >= 11 is 0. The van der Waals surface area contributed by atoms with E-state index in [0.29, 0.717) is 12.8 Å². The number of aliphatic hydroxyl groups is 1. The van der Waals surface area contributed by atoms with Crippen molar-refractivity contribution in [1.29, 1.82) is 0 Å². The summed E-state index contributed by atoms with van der Waals surface area (Å²) in [5.41, 5.74) is -1.08. The van der Waals surface area contributed by atoms with E-state index in [2.05, 4.69) is 0 Å². The summed E-state index contributed by atoms with van der Waals surface area (Å²) < 4.78 is 28.1. The number of nitrogens with zero attached hydrogens (tertiary/aromatic N) is 1. The molecular weight excluding hydrogens is 324 g/mol. The molecular formula is C14H20N2O6S. The lowest BCUT2D eigenvalue weighted by Crippen LogP contribution is -2.32. The summed E-state index contributed by atoms with van der Waals surface area (Å²) in [7, 11) is -4.01. The highest BCUT2D eigenvalue weighted by Crippen LogP contribution is 2.34. The van der Waals surface area contributed by atoms with Crippen molar-refractivity contribution in [2.45, 2.75) is 43.1 Å². The van der Waals surface area contributed by atoms with Crippen LogP contribution in [0.15, 0.2) is 23.1 Å².